The molecule has 25 heavy (non-hydrogen) atoms. The highest BCUT2D eigenvalue weighted by atomic mass is 19.4. The zero-order valence-electron chi connectivity index (χ0n) is 13.6. The molecule has 1 atom stereocenters. The third-order valence-corrected chi connectivity index (χ3v) is 4.15. The monoisotopic (exact) mass is 353 g/mol. The van der Waals surface area contributed by atoms with Gasteiger partial charge in [-0.3, -0.25) is 5.41 Å². The standard InChI is InChI=1S/C15H17N3.C2HF3O2/c1-15(2)12-10-6-4-3-5-9(10)7-8-11(12)18-13(15)14(16)17;3-2(4,5)1(6)7/h3-8,13,18H,1-2H3,(H3,16,17);(H,6,7). The van der Waals surface area contributed by atoms with Crippen molar-refractivity contribution in [3.8, 4) is 0 Å². The highest BCUT2D eigenvalue weighted by Gasteiger charge is 2.42. The van der Waals surface area contributed by atoms with E-state index < -0.39 is 12.1 Å². The van der Waals surface area contributed by atoms with Crippen LogP contribution in [0.3, 0.4) is 0 Å². The van der Waals surface area contributed by atoms with E-state index >= 15 is 0 Å². The van der Waals surface area contributed by atoms with Crippen molar-refractivity contribution in [2.24, 2.45) is 5.73 Å². The van der Waals surface area contributed by atoms with Crippen LogP contribution in [0.1, 0.15) is 19.4 Å². The molecule has 0 aromatic heterocycles. The van der Waals surface area contributed by atoms with E-state index in [1.165, 1.54) is 16.3 Å². The summed E-state index contributed by atoms with van der Waals surface area (Å²) in [5.74, 6) is -2.56. The predicted octanol–water partition coefficient (Wildman–Crippen LogP) is 3.48. The zero-order chi connectivity index (χ0) is 19.0. The predicted molar refractivity (Wildman–Crippen MR) is 90.0 cm³/mol. The van der Waals surface area contributed by atoms with Crippen LogP contribution in [0.5, 0.6) is 0 Å². The largest absolute Gasteiger partial charge is 0.490 e. The van der Waals surface area contributed by atoms with Gasteiger partial charge >= 0.3 is 12.1 Å². The summed E-state index contributed by atoms with van der Waals surface area (Å²) in [7, 11) is 0. The molecular formula is C17H18F3N3O2. The number of benzene rings is 2. The molecule has 2 aromatic carbocycles. The number of carboxylic acids is 1. The topological polar surface area (TPSA) is 99.2 Å². The average molecular weight is 353 g/mol. The number of nitrogens with one attached hydrogen (secondary N) is 2. The Labute approximate surface area is 142 Å². The summed E-state index contributed by atoms with van der Waals surface area (Å²) in [6.07, 6.45) is -5.08. The fraction of sp³-hybridized carbons (Fsp3) is 0.294. The summed E-state index contributed by atoms with van der Waals surface area (Å²) in [6, 6.07) is 12.4. The van der Waals surface area contributed by atoms with Crippen LogP contribution in [0.15, 0.2) is 36.4 Å². The van der Waals surface area contributed by atoms with Gasteiger partial charge in [0, 0.05) is 11.1 Å². The van der Waals surface area contributed by atoms with Crippen molar-refractivity contribution in [2.75, 3.05) is 5.32 Å². The molecule has 0 saturated heterocycles. The average Bonchev–Trinajstić information content (AvgIpc) is 2.79. The number of aliphatic carboxylic acids is 1. The Bertz CT molecular complexity index is 831. The van der Waals surface area contributed by atoms with Gasteiger partial charge in [-0.15, -0.1) is 0 Å². The number of carboxylic acid groups (broad SMARTS) is 1. The Balaban J connectivity index is 0.000000277. The lowest BCUT2D eigenvalue weighted by Crippen LogP contribution is -2.44. The normalized spacial score (nSPS) is 17.9. The van der Waals surface area contributed by atoms with Gasteiger partial charge in [0.05, 0.1) is 6.04 Å². The highest BCUT2D eigenvalue weighted by Crippen LogP contribution is 2.44. The first-order valence-electron chi connectivity index (χ1n) is 7.39. The number of carbonyl (C=O) groups is 1. The molecule has 0 saturated carbocycles. The van der Waals surface area contributed by atoms with Crippen molar-refractivity contribution in [3.05, 3.63) is 42.0 Å². The van der Waals surface area contributed by atoms with Crippen molar-refractivity contribution in [3.63, 3.8) is 0 Å². The minimum atomic E-state index is -5.08. The van der Waals surface area contributed by atoms with Crippen LogP contribution in [-0.4, -0.2) is 29.1 Å². The van der Waals surface area contributed by atoms with Gasteiger partial charge in [-0.05, 0) is 22.4 Å². The molecule has 0 aliphatic carbocycles. The molecule has 0 fully saturated rings. The third-order valence-electron chi connectivity index (χ3n) is 4.15. The Hall–Kier alpha value is -2.77. The molecule has 2 aromatic rings. The number of hydrogen-bond acceptors (Lipinski definition) is 3. The first kappa shape index (κ1) is 18.6. The molecule has 0 bridgehead atoms. The fourth-order valence-electron chi connectivity index (χ4n) is 3.03. The Morgan fingerprint density at radius 1 is 1.24 bits per heavy atom. The van der Waals surface area contributed by atoms with Crippen LogP contribution in [0.2, 0.25) is 0 Å². The van der Waals surface area contributed by atoms with Gasteiger partial charge in [-0.25, -0.2) is 4.79 Å². The number of fused-ring (bicyclic) bond motifs is 3. The smallest absolute Gasteiger partial charge is 0.475 e. The number of amidine groups is 1. The Kier molecular flexibility index (Phi) is 4.66. The number of rotatable bonds is 1. The maximum absolute atomic E-state index is 10.6. The van der Waals surface area contributed by atoms with E-state index in [0.717, 1.165) is 5.69 Å². The summed E-state index contributed by atoms with van der Waals surface area (Å²) < 4.78 is 31.7. The van der Waals surface area contributed by atoms with E-state index in [1.54, 1.807) is 0 Å². The lowest BCUT2D eigenvalue weighted by molar-refractivity contribution is -0.192. The van der Waals surface area contributed by atoms with Crippen LogP contribution >= 0.6 is 0 Å². The molecule has 3 rings (SSSR count). The number of alkyl halides is 3. The first-order valence-corrected chi connectivity index (χ1v) is 7.39. The van der Waals surface area contributed by atoms with Crippen molar-refractivity contribution >= 4 is 28.3 Å². The van der Waals surface area contributed by atoms with Gasteiger partial charge < -0.3 is 16.2 Å². The minimum absolute atomic E-state index is 0.127. The molecule has 1 unspecified atom stereocenters. The van der Waals surface area contributed by atoms with Crippen LogP contribution in [0, 0.1) is 5.41 Å². The van der Waals surface area contributed by atoms with E-state index in [1.807, 2.05) is 6.07 Å². The second kappa shape index (κ2) is 6.27. The Morgan fingerprint density at radius 3 is 2.32 bits per heavy atom. The molecular weight excluding hydrogens is 335 g/mol. The molecule has 0 spiro atoms. The number of hydrogen-bond donors (Lipinski definition) is 4. The summed E-state index contributed by atoms with van der Waals surface area (Å²) in [4.78, 5) is 8.90. The minimum Gasteiger partial charge on any atom is -0.475 e. The van der Waals surface area contributed by atoms with Crippen molar-refractivity contribution in [2.45, 2.75) is 31.5 Å². The van der Waals surface area contributed by atoms with Gasteiger partial charge in [0.15, 0.2) is 0 Å². The van der Waals surface area contributed by atoms with Gasteiger partial charge in [0.2, 0.25) is 0 Å². The van der Waals surface area contributed by atoms with Gasteiger partial charge in [-0.1, -0.05) is 44.2 Å². The number of halogens is 3. The van der Waals surface area contributed by atoms with E-state index in [4.69, 9.17) is 21.0 Å². The zero-order valence-corrected chi connectivity index (χ0v) is 13.6. The Morgan fingerprint density at radius 2 is 1.80 bits per heavy atom. The molecule has 134 valence electrons. The third kappa shape index (κ3) is 3.52. The quantitative estimate of drug-likeness (QED) is 0.466. The van der Waals surface area contributed by atoms with Crippen LogP contribution < -0.4 is 11.1 Å². The maximum Gasteiger partial charge on any atom is 0.490 e. The van der Waals surface area contributed by atoms with Crippen LogP contribution in [0.4, 0.5) is 18.9 Å². The molecule has 0 amide bonds. The van der Waals surface area contributed by atoms with Crippen LogP contribution in [-0.2, 0) is 10.2 Å². The highest BCUT2D eigenvalue weighted by molar-refractivity contribution is 5.98. The van der Waals surface area contributed by atoms with Crippen molar-refractivity contribution in [1.82, 2.24) is 0 Å². The summed E-state index contributed by atoms with van der Waals surface area (Å²) in [5.41, 5.74) is 7.91. The summed E-state index contributed by atoms with van der Waals surface area (Å²) in [6.45, 7) is 4.29. The molecule has 0 radical (unpaired) electrons. The molecule has 5 N–H and O–H groups in total. The molecule has 1 heterocycles. The summed E-state index contributed by atoms with van der Waals surface area (Å²) >= 11 is 0. The number of nitrogens with two attached hydrogens (primary N) is 1. The molecule has 5 nitrogen and oxygen atoms in total. The van der Waals surface area contributed by atoms with Crippen molar-refractivity contribution in [1.29, 1.82) is 5.41 Å². The summed E-state index contributed by atoms with van der Waals surface area (Å²) in [5, 5.41) is 20.7. The second-order valence-corrected chi connectivity index (χ2v) is 6.27. The lowest BCUT2D eigenvalue weighted by atomic mass is 9.78. The van der Waals surface area contributed by atoms with Gasteiger partial charge in [-0.2, -0.15) is 13.2 Å². The van der Waals surface area contributed by atoms with Crippen molar-refractivity contribution < 1.29 is 23.1 Å². The molecule has 1 aliphatic heterocycles. The lowest BCUT2D eigenvalue weighted by Gasteiger charge is -2.27. The number of anilines is 1. The van der Waals surface area contributed by atoms with Crippen LogP contribution in [0.25, 0.3) is 10.8 Å². The fourth-order valence-corrected chi connectivity index (χ4v) is 3.03. The maximum atomic E-state index is 10.6. The van der Waals surface area contributed by atoms with E-state index in [9.17, 15) is 13.2 Å². The first-order chi connectivity index (χ1) is 11.5. The second-order valence-electron chi connectivity index (χ2n) is 6.27. The molecule has 1 aliphatic rings. The molecule has 8 heteroatoms. The van der Waals surface area contributed by atoms with Gasteiger partial charge in [0.1, 0.15) is 5.84 Å². The van der Waals surface area contributed by atoms with E-state index in [-0.39, 0.29) is 17.3 Å². The SMILES string of the molecule is CC1(C)c2c(ccc3ccccc23)NC1C(=N)N.O=C(O)C(F)(F)F. The van der Waals surface area contributed by atoms with E-state index in [2.05, 4.69) is 49.5 Å². The van der Waals surface area contributed by atoms with E-state index in [0.29, 0.717) is 0 Å². The van der Waals surface area contributed by atoms with Gasteiger partial charge in [0.25, 0.3) is 0 Å².